The molecule has 0 radical (unpaired) electrons. The van der Waals surface area contributed by atoms with Gasteiger partial charge >= 0.3 is 0 Å². The van der Waals surface area contributed by atoms with Crippen LogP contribution in [0.5, 0.6) is 11.5 Å². The van der Waals surface area contributed by atoms with Crippen LogP contribution in [-0.2, 0) is 0 Å². The number of H-pyrrole nitrogens is 1. The molecule has 4 heteroatoms. The predicted molar refractivity (Wildman–Crippen MR) is 78.5 cm³/mol. The van der Waals surface area contributed by atoms with E-state index in [2.05, 4.69) is 10.2 Å². The second kappa shape index (κ2) is 6.43. The number of nitrogens with one attached hydrogen (secondary N) is 1. The van der Waals surface area contributed by atoms with Crippen LogP contribution >= 0.6 is 0 Å². The van der Waals surface area contributed by atoms with E-state index in [4.69, 9.17) is 5.11 Å². The number of hydrogen-bond donors (Lipinski definition) is 3. The molecule has 1 aromatic heterocycles. The van der Waals surface area contributed by atoms with Crippen molar-refractivity contribution in [1.29, 1.82) is 0 Å². The molecule has 0 aliphatic rings. The van der Waals surface area contributed by atoms with E-state index in [1.54, 1.807) is 12.3 Å². The molecule has 0 spiro atoms. The molecule has 0 fully saturated rings. The van der Waals surface area contributed by atoms with Crippen LogP contribution in [0.2, 0.25) is 0 Å². The van der Waals surface area contributed by atoms with Crippen molar-refractivity contribution < 1.29 is 10.2 Å². The molecular weight excluding hydrogens is 252 g/mol. The Morgan fingerprint density at radius 2 is 1.55 bits per heavy atom. The minimum Gasteiger partial charge on any atom is -0.508 e. The molecule has 1 heterocycles. The van der Waals surface area contributed by atoms with Crippen LogP contribution in [0.25, 0.3) is 11.3 Å². The van der Waals surface area contributed by atoms with E-state index in [-0.39, 0.29) is 11.5 Å². The fourth-order valence-corrected chi connectivity index (χ4v) is 1.74. The topological polar surface area (TPSA) is 69.1 Å². The van der Waals surface area contributed by atoms with Crippen molar-refractivity contribution in [2.24, 2.45) is 0 Å². The smallest absolute Gasteiger partial charge is 0.128 e. The van der Waals surface area contributed by atoms with Crippen molar-refractivity contribution in [1.82, 2.24) is 10.2 Å². The summed E-state index contributed by atoms with van der Waals surface area (Å²) < 4.78 is 0. The molecule has 4 nitrogen and oxygen atoms in total. The van der Waals surface area contributed by atoms with E-state index in [1.807, 2.05) is 43.3 Å². The van der Waals surface area contributed by atoms with Gasteiger partial charge in [0.1, 0.15) is 11.5 Å². The van der Waals surface area contributed by atoms with Gasteiger partial charge in [0.2, 0.25) is 0 Å². The molecule has 0 aliphatic carbocycles. The largest absolute Gasteiger partial charge is 0.508 e. The average molecular weight is 268 g/mol. The summed E-state index contributed by atoms with van der Waals surface area (Å²) in [6.07, 6.45) is 1.68. The summed E-state index contributed by atoms with van der Waals surface area (Å²) in [5.41, 5.74) is 2.35. The van der Waals surface area contributed by atoms with E-state index in [0.29, 0.717) is 5.56 Å². The summed E-state index contributed by atoms with van der Waals surface area (Å²) in [5, 5.41) is 25.4. The number of aromatic hydroxyl groups is 2. The first kappa shape index (κ1) is 13.7. The van der Waals surface area contributed by atoms with Crippen LogP contribution in [0.1, 0.15) is 5.56 Å². The standard InChI is InChI=1S/C10H10N2O2.C6H6/c1-6-5-11-12-10(6)8-3-2-7(13)4-9(8)14;1-2-4-6-5-3-1/h2-5,13-14H,1H3,(H,11,12);1-6H. The molecule has 0 bridgehead atoms. The van der Waals surface area contributed by atoms with Gasteiger partial charge < -0.3 is 10.2 Å². The molecule has 3 aromatic rings. The van der Waals surface area contributed by atoms with Crippen molar-refractivity contribution in [3.05, 3.63) is 66.4 Å². The lowest BCUT2D eigenvalue weighted by Gasteiger charge is -2.03. The summed E-state index contributed by atoms with van der Waals surface area (Å²) in [6, 6.07) is 16.5. The normalized spacial score (nSPS) is 9.65. The molecule has 3 N–H and O–H groups in total. The number of aromatic nitrogens is 2. The maximum absolute atomic E-state index is 9.58. The van der Waals surface area contributed by atoms with Gasteiger partial charge in [0, 0.05) is 11.6 Å². The minimum absolute atomic E-state index is 0.0392. The van der Waals surface area contributed by atoms with Crippen molar-refractivity contribution in [3.8, 4) is 22.8 Å². The molecule has 0 saturated heterocycles. The average Bonchev–Trinajstić information content (AvgIpc) is 2.88. The third kappa shape index (κ3) is 3.38. The molecule has 0 atom stereocenters. The molecule has 0 amide bonds. The van der Waals surface area contributed by atoms with Crippen LogP contribution in [-0.4, -0.2) is 20.4 Å². The Kier molecular flexibility index (Phi) is 4.39. The van der Waals surface area contributed by atoms with Crippen LogP contribution in [0.4, 0.5) is 0 Å². The minimum atomic E-state index is 0.0392. The third-order valence-corrected chi connectivity index (χ3v) is 2.75. The Balaban J connectivity index is 0.000000205. The Hall–Kier alpha value is -2.75. The molecule has 0 saturated carbocycles. The van der Waals surface area contributed by atoms with Crippen LogP contribution in [0.3, 0.4) is 0 Å². The highest BCUT2D eigenvalue weighted by Crippen LogP contribution is 2.32. The maximum Gasteiger partial charge on any atom is 0.128 e. The zero-order valence-electron chi connectivity index (χ0n) is 11.1. The second-order valence-corrected chi connectivity index (χ2v) is 4.28. The Labute approximate surface area is 117 Å². The van der Waals surface area contributed by atoms with Gasteiger partial charge in [-0.1, -0.05) is 36.4 Å². The molecule has 0 unspecified atom stereocenters. The fraction of sp³-hybridized carbons (Fsp3) is 0.0625. The van der Waals surface area contributed by atoms with Gasteiger partial charge in [0.15, 0.2) is 0 Å². The molecule has 3 rings (SSSR count). The van der Waals surface area contributed by atoms with E-state index in [1.165, 1.54) is 12.1 Å². The van der Waals surface area contributed by atoms with Crippen LogP contribution in [0.15, 0.2) is 60.8 Å². The number of benzene rings is 2. The molecular formula is C16H16N2O2. The van der Waals surface area contributed by atoms with E-state index < -0.39 is 0 Å². The first-order valence-corrected chi connectivity index (χ1v) is 6.21. The zero-order chi connectivity index (χ0) is 14.4. The Morgan fingerprint density at radius 3 is 2.00 bits per heavy atom. The molecule has 0 aliphatic heterocycles. The van der Waals surface area contributed by atoms with Gasteiger partial charge in [-0.2, -0.15) is 5.10 Å². The highest BCUT2D eigenvalue weighted by molar-refractivity contribution is 5.70. The van der Waals surface area contributed by atoms with Gasteiger partial charge in [-0.05, 0) is 24.6 Å². The van der Waals surface area contributed by atoms with Crippen LogP contribution < -0.4 is 0 Å². The number of aromatic amines is 1. The maximum atomic E-state index is 9.58. The molecule has 102 valence electrons. The summed E-state index contributed by atoms with van der Waals surface area (Å²) >= 11 is 0. The summed E-state index contributed by atoms with van der Waals surface area (Å²) in [6.45, 7) is 1.89. The van der Waals surface area contributed by atoms with E-state index in [9.17, 15) is 5.11 Å². The molecule has 20 heavy (non-hydrogen) atoms. The van der Waals surface area contributed by atoms with Gasteiger partial charge in [-0.25, -0.2) is 0 Å². The SMILES string of the molecule is Cc1cn[nH]c1-c1ccc(O)cc1O.c1ccccc1. The lowest BCUT2D eigenvalue weighted by molar-refractivity contribution is 0.451. The number of rotatable bonds is 1. The van der Waals surface area contributed by atoms with Gasteiger partial charge in [-0.15, -0.1) is 0 Å². The number of aryl methyl sites for hydroxylation is 1. The van der Waals surface area contributed by atoms with Crippen molar-refractivity contribution >= 4 is 0 Å². The first-order valence-electron chi connectivity index (χ1n) is 6.21. The van der Waals surface area contributed by atoms with E-state index >= 15 is 0 Å². The summed E-state index contributed by atoms with van der Waals surface area (Å²) in [7, 11) is 0. The highest BCUT2D eigenvalue weighted by Gasteiger charge is 2.08. The third-order valence-electron chi connectivity index (χ3n) is 2.75. The fourth-order valence-electron chi connectivity index (χ4n) is 1.74. The number of nitrogens with zero attached hydrogens (tertiary/aromatic N) is 1. The second-order valence-electron chi connectivity index (χ2n) is 4.28. The number of phenols is 2. The van der Waals surface area contributed by atoms with Crippen molar-refractivity contribution in [2.75, 3.05) is 0 Å². The monoisotopic (exact) mass is 268 g/mol. The number of hydrogen-bond acceptors (Lipinski definition) is 3. The highest BCUT2D eigenvalue weighted by atomic mass is 16.3. The van der Waals surface area contributed by atoms with Crippen LogP contribution in [0, 0.1) is 6.92 Å². The first-order chi connectivity index (χ1) is 9.68. The quantitative estimate of drug-likeness (QED) is 0.633. The Bertz CT molecular complexity index is 637. The Morgan fingerprint density at radius 1 is 0.950 bits per heavy atom. The van der Waals surface area contributed by atoms with Crippen molar-refractivity contribution in [3.63, 3.8) is 0 Å². The van der Waals surface area contributed by atoms with Gasteiger partial charge in [0.25, 0.3) is 0 Å². The summed E-state index contributed by atoms with van der Waals surface area (Å²) in [5.74, 6) is 0.0840. The lowest BCUT2D eigenvalue weighted by atomic mass is 10.1. The summed E-state index contributed by atoms with van der Waals surface area (Å²) in [4.78, 5) is 0. The molecule has 2 aromatic carbocycles. The van der Waals surface area contributed by atoms with Gasteiger partial charge in [-0.3, -0.25) is 5.10 Å². The number of phenolic OH excluding ortho intramolecular Hbond substituents is 2. The van der Waals surface area contributed by atoms with Gasteiger partial charge in [0.05, 0.1) is 11.9 Å². The predicted octanol–water partition coefficient (Wildman–Crippen LogP) is 3.48. The van der Waals surface area contributed by atoms with Crippen molar-refractivity contribution in [2.45, 2.75) is 6.92 Å². The van der Waals surface area contributed by atoms with E-state index in [0.717, 1.165) is 11.3 Å². The zero-order valence-corrected chi connectivity index (χ0v) is 11.1. The lowest BCUT2D eigenvalue weighted by Crippen LogP contribution is -1.81.